The Morgan fingerprint density at radius 3 is 3.08 bits per heavy atom. The number of nitrogens with one attached hydrogen (secondary N) is 2. The largest absolute Gasteiger partial charge is 0.335 e. The summed E-state index contributed by atoms with van der Waals surface area (Å²) in [6.07, 6.45) is 3.37. The molecule has 0 spiro atoms. The van der Waals surface area contributed by atoms with Gasteiger partial charge in [-0.25, -0.2) is 18.9 Å². The molecule has 1 aromatic heterocycles. The number of halogens is 1. The number of hydrogen-bond acceptors (Lipinski definition) is 3. The van der Waals surface area contributed by atoms with E-state index in [-0.39, 0.29) is 29.8 Å². The predicted octanol–water partition coefficient (Wildman–Crippen LogP) is 2.15. The van der Waals surface area contributed by atoms with Crippen molar-refractivity contribution >= 4 is 6.03 Å². The highest BCUT2D eigenvalue weighted by Gasteiger charge is 2.40. The second kappa shape index (κ2) is 6.46. The van der Waals surface area contributed by atoms with Gasteiger partial charge in [0.2, 0.25) is 0 Å². The van der Waals surface area contributed by atoms with Crippen molar-refractivity contribution in [3.05, 3.63) is 47.3 Å². The zero-order valence-electron chi connectivity index (χ0n) is 14.2. The number of benzene rings is 1. The topological polar surface area (TPSA) is 71.8 Å². The van der Waals surface area contributed by atoms with E-state index in [0.29, 0.717) is 6.54 Å². The summed E-state index contributed by atoms with van der Waals surface area (Å²) < 4.78 is 15.2. The summed E-state index contributed by atoms with van der Waals surface area (Å²) in [5, 5.41) is 10.5. The van der Waals surface area contributed by atoms with Crippen molar-refractivity contribution in [3.8, 4) is 0 Å². The third-order valence-corrected chi connectivity index (χ3v) is 4.94. The van der Waals surface area contributed by atoms with Crippen LogP contribution >= 0.6 is 0 Å². The zero-order valence-corrected chi connectivity index (χ0v) is 14.2. The van der Waals surface area contributed by atoms with E-state index >= 15 is 0 Å². The van der Waals surface area contributed by atoms with Crippen LogP contribution in [-0.4, -0.2) is 32.9 Å². The Morgan fingerprint density at radius 1 is 1.40 bits per heavy atom. The summed E-state index contributed by atoms with van der Waals surface area (Å²) in [6, 6.07) is 6.58. The fourth-order valence-corrected chi connectivity index (χ4v) is 3.48. The lowest BCUT2D eigenvalue weighted by molar-refractivity contribution is 0.231. The predicted molar refractivity (Wildman–Crippen MR) is 90.7 cm³/mol. The first-order valence-electron chi connectivity index (χ1n) is 8.87. The Hall–Kier alpha value is -2.44. The number of fused-ring (bicyclic) bond motifs is 1. The molecule has 6 nitrogen and oxygen atoms in total. The molecule has 2 N–H and O–H groups in total. The fraction of sp³-hybridized carbons (Fsp3) is 0.500. The first kappa shape index (κ1) is 16.1. The van der Waals surface area contributed by atoms with E-state index in [0.717, 1.165) is 42.9 Å². The van der Waals surface area contributed by atoms with Crippen LogP contribution in [0.2, 0.25) is 0 Å². The normalized spacial score (nSPS) is 24.5. The second-order valence-electron chi connectivity index (χ2n) is 6.84. The Balaban J connectivity index is 1.29. The lowest BCUT2D eigenvalue weighted by Gasteiger charge is -2.23. The van der Waals surface area contributed by atoms with Gasteiger partial charge in [-0.1, -0.05) is 19.1 Å². The van der Waals surface area contributed by atoms with Gasteiger partial charge in [-0.3, -0.25) is 0 Å². The summed E-state index contributed by atoms with van der Waals surface area (Å²) in [5.74, 6) is 1.84. The number of aryl methyl sites for hydroxylation is 2. The molecular formula is C18H22FN5O. The van der Waals surface area contributed by atoms with Crippen molar-refractivity contribution in [1.29, 1.82) is 0 Å². The Morgan fingerprint density at radius 2 is 2.28 bits per heavy atom. The molecule has 1 fully saturated rings. The standard InChI is InChI=1S/C18H22FN5O/c1-2-16-22-17-7-6-13(10-24(17)23-16)20-18(25)21-15-9-14(15)11-4-3-5-12(19)8-11/h3-5,8,13-15H,2,6-7,9-10H2,1H3,(H2,20,21,25)/t13?,14-,15+/m0/s1. The number of carbonyl (C=O) groups excluding carboxylic acids is 1. The summed E-state index contributed by atoms with van der Waals surface area (Å²) in [6.45, 7) is 2.70. The maximum Gasteiger partial charge on any atom is 0.315 e. The molecule has 0 radical (unpaired) electrons. The molecular weight excluding hydrogens is 321 g/mol. The molecule has 2 aromatic rings. The van der Waals surface area contributed by atoms with Crippen LogP contribution in [0.3, 0.4) is 0 Å². The number of amides is 2. The number of nitrogens with zero attached hydrogens (tertiary/aromatic N) is 3. The van der Waals surface area contributed by atoms with Crippen molar-refractivity contribution in [1.82, 2.24) is 25.4 Å². The molecule has 2 aliphatic rings. The summed E-state index contributed by atoms with van der Waals surface area (Å²) in [5.41, 5.74) is 0.947. The van der Waals surface area contributed by atoms with E-state index in [1.807, 2.05) is 17.7 Å². The highest BCUT2D eigenvalue weighted by Crippen LogP contribution is 2.40. The molecule has 1 unspecified atom stereocenters. The highest BCUT2D eigenvalue weighted by molar-refractivity contribution is 5.75. The Bertz CT molecular complexity index is 790. The van der Waals surface area contributed by atoms with E-state index in [1.54, 1.807) is 12.1 Å². The van der Waals surface area contributed by atoms with Gasteiger partial charge in [0, 0.05) is 24.8 Å². The van der Waals surface area contributed by atoms with Crippen molar-refractivity contribution < 1.29 is 9.18 Å². The van der Waals surface area contributed by atoms with Crippen LogP contribution < -0.4 is 10.6 Å². The molecule has 1 aliphatic heterocycles. The molecule has 3 atom stereocenters. The number of hydrogen-bond donors (Lipinski definition) is 2. The van der Waals surface area contributed by atoms with E-state index in [9.17, 15) is 9.18 Å². The molecule has 2 heterocycles. The highest BCUT2D eigenvalue weighted by atomic mass is 19.1. The van der Waals surface area contributed by atoms with E-state index in [1.165, 1.54) is 6.07 Å². The average molecular weight is 343 g/mol. The summed E-state index contributed by atoms with van der Waals surface area (Å²) in [7, 11) is 0. The van der Waals surface area contributed by atoms with Crippen LogP contribution in [0.5, 0.6) is 0 Å². The van der Waals surface area contributed by atoms with E-state index in [2.05, 4.69) is 20.7 Å². The fourth-order valence-electron chi connectivity index (χ4n) is 3.48. The lowest BCUT2D eigenvalue weighted by Crippen LogP contribution is -2.46. The minimum Gasteiger partial charge on any atom is -0.335 e. The van der Waals surface area contributed by atoms with Gasteiger partial charge in [0.15, 0.2) is 5.82 Å². The van der Waals surface area contributed by atoms with Crippen molar-refractivity contribution in [2.75, 3.05) is 0 Å². The van der Waals surface area contributed by atoms with Gasteiger partial charge in [-0.15, -0.1) is 0 Å². The van der Waals surface area contributed by atoms with Gasteiger partial charge in [0.05, 0.1) is 12.6 Å². The third-order valence-electron chi connectivity index (χ3n) is 4.94. The molecule has 1 aliphatic carbocycles. The monoisotopic (exact) mass is 343 g/mol. The van der Waals surface area contributed by atoms with E-state index in [4.69, 9.17) is 0 Å². The van der Waals surface area contributed by atoms with Gasteiger partial charge < -0.3 is 10.6 Å². The van der Waals surface area contributed by atoms with Crippen LogP contribution in [0.15, 0.2) is 24.3 Å². The minimum absolute atomic E-state index is 0.0604. The smallest absolute Gasteiger partial charge is 0.315 e. The molecule has 0 saturated heterocycles. The molecule has 2 amide bonds. The SMILES string of the molecule is CCc1nc2n(n1)CC(NC(=O)N[C@@H]1C[C@H]1c1cccc(F)c1)CC2. The molecule has 1 saturated carbocycles. The van der Waals surface area contributed by atoms with Crippen molar-refractivity contribution in [3.63, 3.8) is 0 Å². The molecule has 132 valence electrons. The van der Waals surface area contributed by atoms with Crippen LogP contribution in [0.25, 0.3) is 0 Å². The maximum atomic E-state index is 13.3. The van der Waals surface area contributed by atoms with Gasteiger partial charge in [-0.2, -0.15) is 5.10 Å². The lowest BCUT2D eigenvalue weighted by atomic mass is 10.1. The molecule has 4 rings (SSSR count). The Labute approximate surface area is 145 Å². The van der Waals surface area contributed by atoms with Crippen LogP contribution in [0.4, 0.5) is 9.18 Å². The number of rotatable bonds is 4. The van der Waals surface area contributed by atoms with Gasteiger partial charge in [0.25, 0.3) is 0 Å². The third kappa shape index (κ3) is 3.50. The molecule has 7 heteroatoms. The summed E-state index contributed by atoms with van der Waals surface area (Å²) >= 11 is 0. The number of aromatic nitrogens is 3. The Kier molecular flexibility index (Phi) is 4.15. The van der Waals surface area contributed by atoms with E-state index < -0.39 is 0 Å². The molecule has 25 heavy (non-hydrogen) atoms. The first-order valence-corrected chi connectivity index (χ1v) is 8.87. The van der Waals surface area contributed by atoms with Gasteiger partial charge in [0.1, 0.15) is 11.6 Å². The quantitative estimate of drug-likeness (QED) is 0.893. The molecule has 0 bridgehead atoms. The van der Waals surface area contributed by atoms with Crippen molar-refractivity contribution in [2.45, 2.75) is 57.2 Å². The molecule has 1 aromatic carbocycles. The van der Waals surface area contributed by atoms with Gasteiger partial charge >= 0.3 is 6.03 Å². The van der Waals surface area contributed by atoms with Crippen LogP contribution in [-0.2, 0) is 19.4 Å². The van der Waals surface area contributed by atoms with Gasteiger partial charge in [-0.05, 0) is 30.5 Å². The van der Waals surface area contributed by atoms with Crippen LogP contribution in [0.1, 0.15) is 42.9 Å². The second-order valence-corrected chi connectivity index (χ2v) is 6.84. The van der Waals surface area contributed by atoms with Crippen molar-refractivity contribution in [2.24, 2.45) is 0 Å². The van der Waals surface area contributed by atoms with Crippen LogP contribution in [0, 0.1) is 5.82 Å². The average Bonchev–Trinajstić information content (AvgIpc) is 3.22. The summed E-state index contributed by atoms with van der Waals surface area (Å²) in [4.78, 5) is 16.7. The number of urea groups is 1. The zero-order chi connectivity index (χ0) is 17.4. The number of carbonyl (C=O) groups is 1. The first-order chi connectivity index (χ1) is 12.1. The minimum atomic E-state index is -0.232. The maximum absolute atomic E-state index is 13.3.